The second kappa shape index (κ2) is 16.9. The van der Waals surface area contributed by atoms with E-state index >= 15 is 0 Å². The number of rotatable bonds is 8. The van der Waals surface area contributed by atoms with Crippen LogP contribution in [-0.2, 0) is 0 Å². The predicted octanol–water partition coefficient (Wildman–Crippen LogP) is 17.3. The van der Waals surface area contributed by atoms with Crippen LogP contribution < -0.4 is 0 Å². The molecule has 2 unspecified atom stereocenters. The van der Waals surface area contributed by atoms with Crippen LogP contribution >= 0.6 is 0 Å². The van der Waals surface area contributed by atoms with E-state index in [4.69, 9.17) is 9.98 Å². The van der Waals surface area contributed by atoms with Gasteiger partial charge in [0.15, 0.2) is 5.84 Å². The first-order valence-electron chi connectivity index (χ1n) is 24.1. The molecule has 1 aliphatic rings. The van der Waals surface area contributed by atoms with E-state index in [9.17, 15) is 0 Å². The molecule has 13 rings (SSSR count). The van der Waals surface area contributed by atoms with E-state index in [-0.39, 0.29) is 12.0 Å². The van der Waals surface area contributed by atoms with Gasteiger partial charge in [0.05, 0.1) is 22.8 Å². The van der Waals surface area contributed by atoms with Crippen LogP contribution in [0.5, 0.6) is 0 Å². The summed E-state index contributed by atoms with van der Waals surface area (Å²) in [6.45, 7) is 2.28. The molecule has 2 heterocycles. The summed E-state index contributed by atoms with van der Waals surface area (Å²) in [6.07, 6.45) is 0.893. The summed E-state index contributed by atoms with van der Waals surface area (Å²) >= 11 is 0. The number of nitrogens with zero attached hydrogens (tertiary/aromatic N) is 3. The minimum atomic E-state index is -0.0895. The van der Waals surface area contributed by atoms with Gasteiger partial charge < -0.3 is 4.57 Å². The Morgan fingerprint density at radius 3 is 1.55 bits per heavy atom. The molecular weight excluding hydrogens is 835 g/mol. The van der Waals surface area contributed by atoms with Crippen molar-refractivity contribution >= 4 is 65.7 Å². The molecule has 0 bridgehead atoms. The summed E-state index contributed by atoms with van der Waals surface area (Å²) in [4.78, 5) is 11.1. The van der Waals surface area contributed by atoms with Crippen molar-refractivity contribution in [2.24, 2.45) is 15.9 Å². The number of fused-ring (bicyclic) bond motifs is 9. The normalized spacial score (nSPS) is 15.0. The van der Waals surface area contributed by atoms with Crippen molar-refractivity contribution in [3.63, 3.8) is 0 Å². The van der Waals surface area contributed by atoms with Crippen LogP contribution in [0.2, 0.25) is 0 Å². The van der Waals surface area contributed by atoms with Gasteiger partial charge in [0.2, 0.25) is 0 Å². The highest BCUT2D eigenvalue weighted by Crippen LogP contribution is 2.43. The van der Waals surface area contributed by atoms with Gasteiger partial charge in [-0.15, -0.1) is 0 Å². The molecular formula is C66H47N3. The molecule has 69 heavy (non-hydrogen) atoms. The van der Waals surface area contributed by atoms with Gasteiger partial charge >= 0.3 is 0 Å². The van der Waals surface area contributed by atoms with E-state index in [2.05, 4.69) is 254 Å². The lowest BCUT2D eigenvalue weighted by atomic mass is 9.80. The number of para-hydroxylation sites is 1. The van der Waals surface area contributed by atoms with Gasteiger partial charge in [-0.2, -0.15) is 0 Å². The summed E-state index contributed by atoms with van der Waals surface area (Å²) in [6, 6.07) is 88.2. The third-order valence-corrected chi connectivity index (χ3v) is 14.4. The Morgan fingerprint density at radius 2 is 0.870 bits per heavy atom. The standard InChI is InChI=1S/C66H47N3/c1-2-52-64(47-21-10-5-11-22-47)67-66(48-31-29-45(30-32-48)43-17-6-3-7-18-43)68-65(52)59-27-16-26-57-53-23-12-13-24-54(53)60-41-49(36-40-58(60)63(57)59)50-35-39-56-55-25-14-15-28-61(55)69(62(56)42-50)51-37-33-46(34-38-51)44-19-8-4-9-20-44/h3-42,52,64H,2H2,1H3. The molecule has 0 fully saturated rings. The minimum Gasteiger partial charge on any atom is -0.309 e. The van der Waals surface area contributed by atoms with E-state index in [0.717, 1.165) is 29.2 Å². The maximum atomic E-state index is 5.62. The van der Waals surface area contributed by atoms with Crippen molar-refractivity contribution < 1.29 is 0 Å². The summed E-state index contributed by atoms with van der Waals surface area (Å²) < 4.78 is 2.42. The van der Waals surface area contributed by atoms with Crippen molar-refractivity contribution in [1.82, 2.24) is 4.57 Å². The predicted molar refractivity (Wildman–Crippen MR) is 292 cm³/mol. The maximum absolute atomic E-state index is 5.62. The molecule has 2 atom stereocenters. The first kappa shape index (κ1) is 40.6. The van der Waals surface area contributed by atoms with E-state index in [1.807, 2.05) is 0 Å². The Labute approximate surface area is 402 Å². The average Bonchev–Trinajstić information content (AvgIpc) is 3.77. The molecule has 1 aromatic heterocycles. The van der Waals surface area contributed by atoms with Gasteiger partial charge in [0, 0.05) is 33.5 Å². The topological polar surface area (TPSA) is 29.6 Å². The Hall–Kier alpha value is -8.66. The second-order valence-corrected chi connectivity index (χ2v) is 18.3. The third kappa shape index (κ3) is 6.97. The van der Waals surface area contributed by atoms with Crippen LogP contribution in [0.15, 0.2) is 253 Å². The Bertz CT molecular complexity index is 3960. The van der Waals surface area contributed by atoms with Gasteiger partial charge in [-0.3, -0.25) is 4.99 Å². The van der Waals surface area contributed by atoms with E-state index in [0.29, 0.717) is 0 Å². The number of hydrogen-bond donors (Lipinski definition) is 0. The third-order valence-electron chi connectivity index (χ3n) is 14.4. The van der Waals surface area contributed by atoms with Crippen LogP contribution in [-0.4, -0.2) is 16.1 Å². The fourth-order valence-corrected chi connectivity index (χ4v) is 11.1. The van der Waals surface area contributed by atoms with Crippen molar-refractivity contribution in [2.45, 2.75) is 19.4 Å². The number of amidine groups is 1. The monoisotopic (exact) mass is 881 g/mol. The highest BCUT2D eigenvalue weighted by Gasteiger charge is 2.33. The quantitative estimate of drug-likeness (QED) is 0.136. The molecule has 0 saturated carbocycles. The van der Waals surface area contributed by atoms with Crippen molar-refractivity contribution in [1.29, 1.82) is 0 Å². The maximum Gasteiger partial charge on any atom is 0.155 e. The Morgan fingerprint density at radius 1 is 0.377 bits per heavy atom. The minimum absolute atomic E-state index is 0.0687. The fourth-order valence-electron chi connectivity index (χ4n) is 11.1. The molecule has 0 radical (unpaired) electrons. The fraction of sp³-hybridized carbons (Fsp3) is 0.0606. The Balaban J connectivity index is 0.979. The summed E-state index contributed by atoms with van der Waals surface area (Å²) in [5.74, 6) is 0.839. The molecule has 3 nitrogen and oxygen atoms in total. The number of aromatic nitrogens is 1. The van der Waals surface area contributed by atoms with Gasteiger partial charge in [-0.25, -0.2) is 4.99 Å². The van der Waals surface area contributed by atoms with Crippen LogP contribution in [0.3, 0.4) is 0 Å². The number of benzene rings is 11. The molecule has 0 spiro atoms. The molecule has 0 aliphatic carbocycles. The zero-order valence-corrected chi connectivity index (χ0v) is 38.3. The van der Waals surface area contributed by atoms with Gasteiger partial charge in [0.1, 0.15) is 0 Å². The van der Waals surface area contributed by atoms with E-state index < -0.39 is 0 Å². The van der Waals surface area contributed by atoms with Gasteiger partial charge in [0.25, 0.3) is 0 Å². The molecule has 0 saturated heterocycles. The van der Waals surface area contributed by atoms with Crippen molar-refractivity contribution in [3.05, 3.63) is 259 Å². The molecule has 3 heteroatoms. The van der Waals surface area contributed by atoms with E-state index in [1.165, 1.54) is 98.6 Å². The largest absolute Gasteiger partial charge is 0.309 e. The first-order valence-corrected chi connectivity index (χ1v) is 24.1. The molecule has 0 amide bonds. The van der Waals surface area contributed by atoms with E-state index in [1.54, 1.807) is 0 Å². The SMILES string of the molecule is CCC1C(c2cccc3c4ccccc4c4cc(-c5ccc6c7ccccc7n(-c7ccc(-c8ccccc8)cc7)c6c5)ccc4c23)=NC(c2ccc(-c3ccccc3)cc2)=NC1c1ccccc1. The molecule has 11 aromatic carbocycles. The lowest BCUT2D eigenvalue weighted by Crippen LogP contribution is -2.28. The highest BCUT2D eigenvalue weighted by atomic mass is 15.0. The number of aliphatic imine (C=N–C) groups is 2. The average molecular weight is 882 g/mol. The highest BCUT2D eigenvalue weighted by molar-refractivity contribution is 6.31. The summed E-state index contributed by atoms with van der Waals surface area (Å²) in [5, 5.41) is 9.89. The van der Waals surface area contributed by atoms with Gasteiger partial charge in [-0.05, 0) is 108 Å². The number of hydrogen-bond acceptors (Lipinski definition) is 2. The smallest absolute Gasteiger partial charge is 0.155 e. The summed E-state index contributed by atoms with van der Waals surface area (Å²) in [5.41, 5.74) is 15.2. The molecule has 0 N–H and O–H groups in total. The lowest BCUT2D eigenvalue weighted by Gasteiger charge is -2.30. The van der Waals surface area contributed by atoms with Crippen LogP contribution in [0.1, 0.15) is 36.1 Å². The molecule has 12 aromatic rings. The second-order valence-electron chi connectivity index (χ2n) is 18.3. The van der Waals surface area contributed by atoms with Crippen LogP contribution in [0.4, 0.5) is 0 Å². The van der Waals surface area contributed by atoms with Crippen LogP contribution in [0, 0.1) is 5.92 Å². The summed E-state index contributed by atoms with van der Waals surface area (Å²) in [7, 11) is 0. The zero-order valence-electron chi connectivity index (χ0n) is 38.3. The molecule has 1 aliphatic heterocycles. The lowest BCUT2D eigenvalue weighted by molar-refractivity contribution is 0.533. The van der Waals surface area contributed by atoms with Gasteiger partial charge in [-0.1, -0.05) is 219 Å². The molecule has 326 valence electrons. The van der Waals surface area contributed by atoms with Crippen molar-refractivity contribution in [2.75, 3.05) is 0 Å². The Kier molecular flexibility index (Phi) is 9.94. The van der Waals surface area contributed by atoms with Crippen LogP contribution in [0.25, 0.3) is 93.2 Å². The van der Waals surface area contributed by atoms with Crippen molar-refractivity contribution in [3.8, 4) is 39.1 Å². The first-order chi connectivity index (χ1) is 34.2. The zero-order chi connectivity index (χ0) is 45.8.